The molecule has 3 rings (SSSR count). The number of pyridine rings is 1. The van der Waals surface area contributed by atoms with E-state index in [1.165, 1.54) is 7.11 Å². The van der Waals surface area contributed by atoms with Crippen molar-refractivity contribution in [2.24, 2.45) is 5.92 Å². The third-order valence-corrected chi connectivity index (χ3v) is 4.76. The number of nitrogens with zero attached hydrogens (tertiary/aromatic N) is 2. The highest BCUT2D eigenvalue weighted by Gasteiger charge is 2.41. The van der Waals surface area contributed by atoms with Gasteiger partial charge in [0.1, 0.15) is 5.82 Å². The summed E-state index contributed by atoms with van der Waals surface area (Å²) in [5.74, 6) is -0.784. The number of esters is 1. The molecule has 0 spiro atoms. The van der Waals surface area contributed by atoms with Gasteiger partial charge in [0.15, 0.2) is 0 Å². The SMILES string of the molecule is CCOc1cc2cc(C(=O)OC)ccc2c(N2CCC(C(F)(F)F)CC2)n1. The average molecular weight is 382 g/mol. The number of piperidine rings is 1. The maximum atomic E-state index is 12.9. The Kier molecular flexibility index (Phi) is 5.43. The van der Waals surface area contributed by atoms with Crippen molar-refractivity contribution in [2.45, 2.75) is 25.9 Å². The maximum Gasteiger partial charge on any atom is 0.391 e. The Morgan fingerprint density at radius 2 is 1.96 bits per heavy atom. The van der Waals surface area contributed by atoms with Crippen LogP contribution in [0, 0.1) is 5.92 Å². The number of carbonyl (C=O) groups is 1. The van der Waals surface area contributed by atoms with E-state index in [0.29, 0.717) is 23.9 Å². The number of hydrogen-bond donors (Lipinski definition) is 0. The van der Waals surface area contributed by atoms with E-state index in [4.69, 9.17) is 9.47 Å². The van der Waals surface area contributed by atoms with Crippen LogP contribution in [0.3, 0.4) is 0 Å². The molecule has 146 valence electrons. The van der Waals surface area contributed by atoms with Gasteiger partial charge in [0, 0.05) is 24.5 Å². The van der Waals surface area contributed by atoms with E-state index in [9.17, 15) is 18.0 Å². The van der Waals surface area contributed by atoms with E-state index in [1.54, 1.807) is 24.3 Å². The molecule has 1 fully saturated rings. The number of ether oxygens (including phenoxy) is 2. The zero-order chi connectivity index (χ0) is 19.6. The lowest BCUT2D eigenvalue weighted by atomic mass is 9.96. The van der Waals surface area contributed by atoms with Gasteiger partial charge in [0.2, 0.25) is 5.88 Å². The number of hydrogen-bond acceptors (Lipinski definition) is 5. The van der Waals surface area contributed by atoms with E-state index in [0.717, 1.165) is 10.8 Å². The zero-order valence-corrected chi connectivity index (χ0v) is 15.2. The first kappa shape index (κ1) is 19.3. The van der Waals surface area contributed by atoms with Gasteiger partial charge >= 0.3 is 12.1 Å². The molecule has 0 radical (unpaired) electrons. The maximum absolute atomic E-state index is 12.9. The molecule has 0 unspecified atom stereocenters. The molecule has 1 aromatic carbocycles. The summed E-state index contributed by atoms with van der Waals surface area (Å²) in [7, 11) is 1.31. The van der Waals surface area contributed by atoms with Gasteiger partial charge in [0.05, 0.1) is 25.2 Å². The van der Waals surface area contributed by atoms with Gasteiger partial charge in [-0.15, -0.1) is 0 Å². The van der Waals surface area contributed by atoms with Gasteiger partial charge < -0.3 is 14.4 Å². The third-order valence-electron chi connectivity index (χ3n) is 4.76. The molecule has 2 aromatic rings. The van der Waals surface area contributed by atoms with Gasteiger partial charge in [-0.3, -0.25) is 0 Å². The molecule has 0 N–H and O–H groups in total. The number of anilines is 1. The molecule has 1 saturated heterocycles. The molecule has 5 nitrogen and oxygen atoms in total. The fourth-order valence-corrected chi connectivity index (χ4v) is 3.34. The number of benzene rings is 1. The van der Waals surface area contributed by atoms with Crippen LogP contribution in [0.4, 0.5) is 19.0 Å². The van der Waals surface area contributed by atoms with E-state index < -0.39 is 18.1 Å². The number of methoxy groups -OCH3 is 1. The average Bonchev–Trinajstić information content (AvgIpc) is 2.66. The van der Waals surface area contributed by atoms with Crippen molar-refractivity contribution in [2.75, 3.05) is 31.7 Å². The van der Waals surface area contributed by atoms with Gasteiger partial charge in [0.25, 0.3) is 0 Å². The summed E-state index contributed by atoms with van der Waals surface area (Å²) in [6.07, 6.45) is -4.10. The summed E-state index contributed by atoms with van der Waals surface area (Å²) >= 11 is 0. The van der Waals surface area contributed by atoms with Gasteiger partial charge in [-0.25, -0.2) is 4.79 Å². The molecule has 1 aliphatic heterocycles. The molecule has 0 amide bonds. The number of rotatable bonds is 4. The third kappa shape index (κ3) is 4.09. The number of alkyl halides is 3. The lowest BCUT2D eigenvalue weighted by Gasteiger charge is -2.34. The first-order valence-electron chi connectivity index (χ1n) is 8.81. The zero-order valence-electron chi connectivity index (χ0n) is 15.2. The second kappa shape index (κ2) is 7.62. The normalized spacial score (nSPS) is 15.8. The van der Waals surface area contributed by atoms with E-state index in [2.05, 4.69) is 4.98 Å². The highest BCUT2D eigenvalue weighted by atomic mass is 19.4. The van der Waals surface area contributed by atoms with Crippen molar-refractivity contribution in [1.82, 2.24) is 4.98 Å². The fraction of sp³-hybridized carbons (Fsp3) is 0.474. The molecule has 2 heterocycles. The largest absolute Gasteiger partial charge is 0.478 e. The fourth-order valence-electron chi connectivity index (χ4n) is 3.34. The van der Waals surface area contributed by atoms with Crippen LogP contribution in [0.15, 0.2) is 24.3 Å². The molecular formula is C19H21F3N2O3. The highest BCUT2D eigenvalue weighted by Crippen LogP contribution is 2.37. The van der Waals surface area contributed by atoms with E-state index >= 15 is 0 Å². The summed E-state index contributed by atoms with van der Waals surface area (Å²) in [5.41, 5.74) is 0.389. The van der Waals surface area contributed by atoms with Crippen LogP contribution < -0.4 is 9.64 Å². The molecule has 0 bridgehead atoms. The number of fused-ring (bicyclic) bond motifs is 1. The molecule has 0 aliphatic carbocycles. The van der Waals surface area contributed by atoms with Crippen LogP contribution in [-0.4, -0.2) is 43.9 Å². The Bertz CT molecular complexity index is 831. The van der Waals surface area contributed by atoms with Crippen LogP contribution in [0.5, 0.6) is 5.88 Å². The van der Waals surface area contributed by atoms with E-state index in [1.807, 2.05) is 11.8 Å². The first-order chi connectivity index (χ1) is 12.8. The quantitative estimate of drug-likeness (QED) is 0.742. The molecule has 1 aromatic heterocycles. The van der Waals surface area contributed by atoms with Crippen molar-refractivity contribution in [1.29, 1.82) is 0 Å². The van der Waals surface area contributed by atoms with Crippen molar-refractivity contribution in [3.8, 4) is 5.88 Å². The van der Waals surface area contributed by atoms with Gasteiger partial charge in [-0.05, 0) is 43.4 Å². The molecule has 0 saturated carbocycles. The summed E-state index contributed by atoms with van der Waals surface area (Å²) in [5, 5.41) is 1.49. The van der Waals surface area contributed by atoms with Crippen LogP contribution in [0.2, 0.25) is 0 Å². The Labute approximate surface area is 155 Å². The smallest absolute Gasteiger partial charge is 0.391 e. The van der Waals surface area contributed by atoms with Crippen molar-refractivity contribution in [3.05, 3.63) is 29.8 Å². The molecular weight excluding hydrogens is 361 g/mol. The molecule has 1 aliphatic rings. The molecule has 27 heavy (non-hydrogen) atoms. The monoisotopic (exact) mass is 382 g/mol. The summed E-state index contributed by atoms with van der Waals surface area (Å²) in [4.78, 5) is 18.2. The minimum absolute atomic E-state index is 0.0335. The Morgan fingerprint density at radius 1 is 1.26 bits per heavy atom. The number of halogens is 3. The van der Waals surface area contributed by atoms with Crippen LogP contribution in [0.1, 0.15) is 30.1 Å². The van der Waals surface area contributed by atoms with Crippen LogP contribution in [0.25, 0.3) is 10.8 Å². The minimum Gasteiger partial charge on any atom is -0.478 e. The van der Waals surface area contributed by atoms with Crippen molar-refractivity contribution >= 4 is 22.6 Å². The Morgan fingerprint density at radius 3 is 2.56 bits per heavy atom. The van der Waals surface area contributed by atoms with Gasteiger partial charge in [-0.1, -0.05) is 0 Å². The van der Waals surface area contributed by atoms with Gasteiger partial charge in [-0.2, -0.15) is 18.2 Å². The highest BCUT2D eigenvalue weighted by molar-refractivity contribution is 5.99. The second-order valence-corrected chi connectivity index (χ2v) is 6.45. The Hall–Kier alpha value is -2.51. The predicted octanol–water partition coefficient (Wildman–Crippen LogP) is 4.20. The van der Waals surface area contributed by atoms with Crippen LogP contribution in [-0.2, 0) is 4.74 Å². The minimum atomic E-state index is -4.16. The second-order valence-electron chi connectivity index (χ2n) is 6.45. The first-order valence-corrected chi connectivity index (χ1v) is 8.81. The lowest BCUT2D eigenvalue weighted by Crippen LogP contribution is -2.39. The molecule has 0 atom stereocenters. The Balaban J connectivity index is 1.97. The predicted molar refractivity (Wildman–Crippen MR) is 95.2 cm³/mol. The number of aromatic nitrogens is 1. The lowest BCUT2D eigenvalue weighted by molar-refractivity contribution is -0.179. The van der Waals surface area contributed by atoms with Crippen molar-refractivity contribution < 1.29 is 27.4 Å². The number of carbonyl (C=O) groups excluding carboxylic acids is 1. The molecule has 8 heteroatoms. The van der Waals surface area contributed by atoms with Crippen molar-refractivity contribution in [3.63, 3.8) is 0 Å². The summed E-state index contributed by atoms with van der Waals surface area (Å²) < 4.78 is 49.1. The summed E-state index contributed by atoms with van der Waals surface area (Å²) in [6, 6.07) is 6.77. The van der Waals surface area contributed by atoms with Crippen LogP contribution >= 0.6 is 0 Å². The standard InChI is InChI=1S/C19H21F3N2O3/c1-3-27-16-11-13-10-12(18(25)26-2)4-5-15(13)17(23-16)24-8-6-14(7-9-24)19(20,21)22/h4-5,10-11,14H,3,6-9H2,1-2H3. The topological polar surface area (TPSA) is 51.7 Å². The summed E-state index contributed by atoms with van der Waals surface area (Å²) in [6.45, 7) is 2.76. The van der Waals surface area contributed by atoms with E-state index in [-0.39, 0.29) is 25.9 Å².